The van der Waals surface area contributed by atoms with Gasteiger partial charge in [-0.25, -0.2) is 4.39 Å². The molecule has 3 rings (SSSR count). The van der Waals surface area contributed by atoms with Crippen LogP contribution in [0.2, 0.25) is 0 Å². The van der Waals surface area contributed by atoms with Crippen LogP contribution in [0.15, 0.2) is 24.3 Å². The summed E-state index contributed by atoms with van der Waals surface area (Å²) in [7, 11) is 0. The molecule has 0 amide bonds. The largest absolute Gasteiger partial charge is 0.378 e. The first-order valence-corrected chi connectivity index (χ1v) is 7.85. The van der Waals surface area contributed by atoms with Gasteiger partial charge in [0.1, 0.15) is 5.82 Å². The Hall–Kier alpha value is -1.26. The Labute approximate surface area is 125 Å². The van der Waals surface area contributed by atoms with Crippen LogP contribution in [0.3, 0.4) is 0 Å². The van der Waals surface area contributed by atoms with Gasteiger partial charge in [-0.2, -0.15) is 0 Å². The van der Waals surface area contributed by atoms with Gasteiger partial charge in [0.15, 0.2) is 5.78 Å². The summed E-state index contributed by atoms with van der Waals surface area (Å²) in [5.41, 5.74) is 0.604. The van der Waals surface area contributed by atoms with E-state index in [0.29, 0.717) is 24.0 Å². The summed E-state index contributed by atoms with van der Waals surface area (Å²) < 4.78 is 18.7. The van der Waals surface area contributed by atoms with E-state index in [-0.39, 0.29) is 11.6 Å². The van der Waals surface area contributed by atoms with Crippen molar-refractivity contribution in [3.8, 4) is 0 Å². The highest BCUT2D eigenvalue weighted by atomic mass is 19.1. The Morgan fingerprint density at radius 2 is 2.10 bits per heavy atom. The molecule has 0 unspecified atom stereocenters. The van der Waals surface area contributed by atoms with Crippen LogP contribution < -0.4 is 0 Å². The van der Waals surface area contributed by atoms with E-state index < -0.39 is 0 Å². The number of rotatable bonds is 4. The second kappa shape index (κ2) is 6.67. The standard InChI is InChI=1S/C17H22FNO2/c18-15-5-3-13(4-6-15)16(20)7-9-19-10-8-17-14(12-19)2-1-11-21-17/h3-6,14,17H,1-2,7-12H2/t14-,17-/m0/s1. The summed E-state index contributed by atoms with van der Waals surface area (Å²) >= 11 is 0. The highest BCUT2D eigenvalue weighted by Gasteiger charge is 2.31. The van der Waals surface area contributed by atoms with Crippen LogP contribution in [0.1, 0.15) is 36.0 Å². The van der Waals surface area contributed by atoms with E-state index in [1.807, 2.05) is 0 Å². The third-order valence-corrected chi connectivity index (χ3v) is 4.62. The fourth-order valence-electron chi connectivity index (χ4n) is 3.41. The average Bonchev–Trinajstić information content (AvgIpc) is 2.53. The first-order valence-electron chi connectivity index (χ1n) is 7.85. The molecule has 2 atom stereocenters. The minimum absolute atomic E-state index is 0.0945. The van der Waals surface area contributed by atoms with Gasteiger partial charge in [0.25, 0.3) is 0 Å². The first-order chi connectivity index (χ1) is 10.2. The molecule has 2 fully saturated rings. The molecule has 2 aliphatic rings. The van der Waals surface area contributed by atoms with Gasteiger partial charge in [0.05, 0.1) is 6.10 Å². The van der Waals surface area contributed by atoms with E-state index in [0.717, 1.165) is 39.1 Å². The van der Waals surface area contributed by atoms with Gasteiger partial charge in [-0.05, 0) is 49.4 Å². The van der Waals surface area contributed by atoms with Crippen LogP contribution >= 0.6 is 0 Å². The van der Waals surface area contributed by atoms with Gasteiger partial charge in [-0.3, -0.25) is 4.79 Å². The van der Waals surface area contributed by atoms with Crippen LogP contribution in [-0.2, 0) is 4.74 Å². The van der Waals surface area contributed by atoms with Crippen molar-refractivity contribution in [1.82, 2.24) is 4.90 Å². The Bertz CT molecular complexity index is 488. The number of nitrogens with zero attached hydrogens (tertiary/aromatic N) is 1. The zero-order chi connectivity index (χ0) is 14.7. The summed E-state index contributed by atoms with van der Waals surface area (Å²) in [4.78, 5) is 14.5. The van der Waals surface area contributed by atoms with Gasteiger partial charge < -0.3 is 9.64 Å². The number of halogens is 1. The maximum atomic E-state index is 12.9. The second-order valence-corrected chi connectivity index (χ2v) is 6.08. The van der Waals surface area contributed by atoms with Crippen LogP contribution in [0.25, 0.3) is 0 Å². The fourth-order valence-corrected chi connectivity index (χ4v) is 3.41. The van der Waals surface area contributed by atoms with Crippen molar-refractivity contribution in [3.05, 3.63) is 35.6 Å². The normalized spacial score (nSPS) is 26.3. The number of ether oxygens (including phenoxy) is 1. The Morgan fingerprint density at radius 3 is 2.90 bits per heavy atom. The van der Waals surface area contributed by atoms with Crippen molar-refractivity contribution < 1.29 is 13.9 Å². The highest BCUT2D eigenvalue weighted by molar-refractivity contribution is 5.96. The number of fused-ring (bicyclic) bond motifs is 1. The van der Waals surface area contributed by atoms with E-state index in [1.54, 1.807) is 12.1 Å². The molecule has 21 heavy (non-hydrogen) atoms. The molecule has 0 N–H and O–H groups in total. The summed E-state index contributed by atoms with van der Waals surface area (Å²) in [6, 6.07) is 5.83. The summed E-state index contributed by atoms with van der Waals surface area (Å²) in [6.45, 7) is 3.75. The van der Waals surface area contributed by atoms with Crippen molar-refractivity contribution in [1.29, 1.82) is 0 Å². The lowest BCUT2D eigenvalue weighted by atomic mass is 9.88. The number of ketones is 1. The minimum atomic E-state index is -0.300. The van der Waals surface area contributed by atoms with Crippen molar-refractivity contribution in [2.45, 2.75) is 31.8 Å². The van der Waals surface area contributed by atoms with E-state index in [9.17, 15) is 9.18 Å². The van der Waals surface area contributed by atoms with Crippen molar-refractivity contribution >= 4 is 5.78 Å². The lowest BCUT2D eigenvalue weighted by Gasteiger charge is -2.41. The van der Waals surface area contributed by atoms with Crippen molar-refractivity contribution in [2.24, 2.45) is 5.92 Å². The molecule has 2 aliphatic heterocycles. The van der Waals surface area contributed by atoms with Crippen LogP contribution in [0.4, 0.5) is 4.39 Å². The van der Waals surface area contributed by atoms with Crippen LogP contribution in [0.5, 0.6) is 0 Å². The van der Waals surface area contributed by atoms with Crippen LogP contribution in [-0.4, -0.2) is 43.0 Å². The number of benzene rings is 1. The average molecular weight is 291 g/mol. The molecule has 4 heteroatoms. The highest BCUT2D eigenvalue weighted by Crippen LogP contribution is 2.28. The number of Topliss-reactive ketones (excluding diaryl/α,β-unsaturated/α-hetero) is 1. The zero-order valence-electron chi connectivity index (χ0n) is 12.3. The third kappa shape index (κ3) is 3.69. The maximum absolute atomic E-state index is 12.9. The third-order valence-electron chi connectivity index (χ3n) is 4.62. The predicted octanol–water partition coefficient (Wildman–Crippen LogP) is 2.90. The number of piperidine rings is 1. The lowest BCUT2D eigenvalue weighted by Crippen LogP contribution is -2.46. The van der Waals surface area contributed by atoms with Gasteiger partial charge in [-0.15, -0.1) is 0 Å². The molecule has 1 aromatic rings. The molecular formula is C17H22FNO2. The number of carbonyl (C=O) groups is 1. The van der Waals surface area contributed by atoms with Crippen LogP contribution in [0, 0.1) is 11.7 Å². The summed E-state index contributed by atoms with van der Waals surface area (Å²) in [5.74, 6) is 0.427. The zero-order valence-corrected chi connectivity index (χ0v) is 12.3. The molecular weight excluding hydrogens is 269 g/mol. The molecule has 0 bridgehead atoms. The smallest absolute Gasteiger partial charge is 0.164 e. The molecule has 1 aromatic carbocycles. The quantitative estimate of drug-likeness (QED) is 0.799. The Morgan fingerprint density at radius 1 is 1.29 bits per heavy atom. The van der Waals surface area contributed by atoms with Gasteiger partial charge in [-0.1, -0.05) is 0 Å². The molecule has 0 saturated carbocycles. The van der Waals surface area contributed by atoms with Gasteiger partial charge >= 0.3 is 0 Å². The van der Waals surface area contributed by atoms with Crippen molar-refractivity contribution in [3.63, 3.8) is 0 Å². The Balaban J connectivity index is 1.48. The molecule has 0 spiro atoms. The maximum Gasteiger partial charge on any atom is 0.164 e. The summed E-state index contributed by atoms with van der Waals surface area (Å²) in [6.07, 6.45) is 4.42. The number of hydrogen-bond acceptors (Lipinski definition) is 3. The molecule has 2 saturated heterocycles. The summed E-state index contributed by atoms with van der Waals surface area (Å²) in [5, 5.41) is 0. The van der Waals surface area contributed by atoms with Crippen molar-refractivity contribution in [2.75, 3.05) is 26.2 Å². The van der Waals surface area contributed by atoms with Gasteiger partial charge in [0, 0.05) is 38.2 Å². The molecule has 114 valence electrons. The molecule has 0 aliphatic carbocycles. The number of hydrogen-bond donors (Lipinski definition) is 0. The minimum Gasteiger partial charge on any atom is -0.378 e. The first kappa shape index (κ1) is 14.7. The number of carbonyl (C=O) groups excluding carboxylic acids is 1. The monoisotopic (exact) mass is 291 g/mol. The molecule has 0 radical (unpaired) electrons. The Kier molecular flexibility index (Phi) is 4.66. The molecule has 0 aromatic heterocycles. The van der Waals surface area contributed by atoms with E-state index in [2.05, 4.69) is 4.90 Å². The topological polar surface area (TPSA) is 29.5 Å². The van der Waals surface area contributed by atoms with Gasteiger partial charge in [0.2, 0.25) is 0 Å². The molecule has 2 heterocycles. The molecule has 3 nitrogen and oxygen atoms in total. The SMILES string of the molecule is O=C(CCN1CC[C@@H]2OCCC[C@H]2C1)c1ccc(F)cc1. The lowest BCUT2D eigenvalue weighted by molar-refractivity contribution is -0.0658. The van der Waals surface area contributed by atoms with E-state index in [1.165, 1.54) is 18.6 Å². The predicted molar refractivity (Wildman–Crippen MR) is 78.9 cm³/mol. The second-order valence-electron chi connectivity index (χ2n) is 6.08. The van der Waals surface area contributed by atoms with E-state index in [4.69, 9.17) is 4.74 Å². The fraction of sp³-hybridized carbons (Fsp3) is 0.588. The number of likely N-dealkylation sites (tertiary alicyclic amines) is 1. The van der Waals surface area contributed by atoms with E-state index >= 15 is 0 Å².